The summed E-state index contributed by atoms with van der Waals surface area (Å²) in [4.78, 5) is 0. The SMILES string of the molecule is CCCC[C@]1(CC)CS(=O)(=O)C2CCC(OC)CC2C(C2CCCC(F)C2)C1O. The van der Waals surface area contributed by atoms with Crippen molar-refractivity contribution in [3.05, 3.63) is 0 Å². The average Bonchev–Trinajstić information content (AvgIpc) is 2.77. The summed E-state index contributed by atoms with van der Waals surface area (Å²) in [6.07, 6.45) is 6.64. The van der Waals surface area contributed by atoms with Crippen LogP contribution in [0.15, 0.2) is 0 Å². The fraction of sp³-hybridized carbons (Fsp3) is 1.00. The van der Waals surface area contributed by atoms with Crippen LogP contribution in [0.5, 0.6) is 0 Å². The largest absolute Gasteiger partial charge is 0.392 e. The van der Waals surface area contributed by atoms with Gasteiger partial charge in [-0.15, -0.1) is 0 Å². The first-order valence-corrected chi connectivity index (χ1v) is 13.6. The van der Waals surface area contributed by atoms with E-state index in [9.17, 15) is 17.9 Å². The van der Waals surface area contributed by atoms with E-state index in [1.165, 1.54) is 0 Å². The van der Waals surface area contributed by atoms with Gasteiger partial charge < -0.3 is 9.84 Å². The molecule has 0 radical (unpaired) electrons. The first kappa shape index (κ1) is 23.5. The number of unbranched alkanes of at least 4 members (excludes halogenated alkanes) is 1. The van der Waals surface area contributed by atoms with Crippen molar-refractivity contribution in [2.24, 2.45) is 23.2 Å². The van der Waals surface area contributed by atoms with Crippen LogP contribution in [-0.2, 0) is 14.6 Å². The lowest BCUT2D eigenvalue weighted by molar-refractivity contribution is -0.0793. The number of aliphatic hydroxyl groups excluding tert-OH is 1. The highest BCUT2D eigenvalue weighted by atomic mass is 32.2. The fourth-order valence-electron chi connectivity index (χ4n) is 6.80. The van der Waals surface area contributed by atoms with E-state index < -0.39 is 32.8 Å². The molecule has 3 rings (SSSR count). The molecule has 29 heavy (non-hydrogen) atoms. The van der Waals surface area contributed by atoms with Gasteiger partial charge >= 0.3 is 0 Å². The molecule has 1 aliphatic heterocycles. The molecule has 2 aliphatic carbocycles. The summed E-state index contributed by atoms with van der Waals surface area (Å²) >= 11 is 0. The number of rotatable bonds is 6. The van der Waals surface area contributed by atoms with Crippen molar-refractivity contribution in [2.45, 2.75) is 108 Å². The summed E-state index contributed by atoms with van der Waals surface area (Å²) in [6, 6.07) is 0. The molecule has 0 bridgehead atoms. The zero-order valence-corrected chi connectivity index (χ0v) is 19.3. The number of aliphatic hydroxyl groups is 1. The molecule has 8 atom stereocenters. The van der Waals surface area contributed by atoms with Crippen molar-refractivity contribution in [3.8, 4) is 0 Å². The van der Waals surface area contributed by atoms with Gasteiger partial charge in [0.1, 0.15) is 6.17 Å². The molecule has 170 valence electrons. The van der Waals surface area contributed by atoms with Crippen LogP contribution in [-0.4, -0.2) is 50.0 Å². The third kappa shape index (κ3) is 4.69. The van der Waals surface area contributed by atoms with Crippen molar-refractivity contribution >= 4 is 9.84 Å². The number of ether oxygens (including phenoxy) is 1. The number of sulfone groups is 1. The summed E-state index contributed by atoms with van der Waals surface area (Å²) in [5.41, 5.74) is -0.608. The van der Waals surface area contributed by atoms with Gasteiger partial charge in [0.05, 0.1) is 23.2 Å². The van der Waals surface area contributed by atoms with Crippen LogP contribution in [0.2, 0.25) is 0 Å². The molecule has 0 aromatic rings. The second-order valence-corrected chi connectivity index (χ2v) is 12.3. The predicted octanol–water partition coefficient (Wildman–Crippen LogP) is 4.69. The Kier molecular flexibility index (Phi) is 7.70. The number of fused-ring (bicyclic) bond motifs is 1. The Morgan fingerprint density at radius 3 is 2.52 bits per heavy atom. The van der Waals surface area contributed by atoms with Gasteiger partial charge in [-0.2, -0.15) is 0 Å². The minimum Gasteiger partial charge on any atom is -0.392 e. The smallest absolute Gasteiger partial charge is 0.154 e. The van der Waals surface area contributed by atoms with Gasteiger partial charge in [0, 0.05) is 12.5 Å². The maximum atomic E-state index is 14.4. The van der Waals surface area contributed by atoms with Crippen LogP contribution in [0.3, 0.4) is 0 Å². The van der Waals surface area contributed by atoms with Crippen LogP contribution < -0.4 is 0 Å². The highest BCUT2D eigenvalue weighted by Crippen LogP contribution is 2.53. The lowest BCUT2D eigenvalue weighted by atomic mass is 9.60. The Hall–Kier alpha value is -0.200. The number of hydrogen-bond acceptors (Lipinski definition) is 4. The van der Waals surface area contributed by atoms with E-state index in [-0.39, 0.29) is 29.6 Å². The number of halogens is 1. The summed E-state index contributed by atoms with van der Waals surface area (Å²) in [5.74, 6) is -0.124. The van der Waals surface area contributed by atoms with Crippen molar-refractivity contribution in [1.82, 2.24) is 0 Å². The molecule has 1 heterocycles. The van der Waals surface area contributed by atoms with Crippen molar-refractivity contribution in [3.63, 3.8) is 0 Å². The van der Waals surface area contributed by atoms with Gasteiger partial charge in [-0.05, 0) is 69.1 Å². The zero-order chi connectivity index (χ0) is 21.2. The lowest BCUT2D eigenvalue weighted by Crippen LogP contribution is -2.49. The quantitative estimate of drug-likeness (QED) is 0.661. The maximum Gasteiger partial charge on any atom is 0.154 e. The van der Waals surface area contributed by atoms with Gasteiger partial charge in [0.15, 0.2) is 9.84 Å². The van der Waals surface area contributed by atoms with Crippen LogP contribution in [0.1, 0.15) is 84.5 Å². The molecule has 6 heteroatoms. The molecule has 4 nitrogen and oxygen atoms in total. The Morgan fingerprint density at radius 1 is 1.14 bits per heavy atom. The van der Waals surface area contributed by atoms with Gasteiger partial charge in [0.2, 0.25) is 0 Å². The Morgan fingerprint density at radius 2 is 1.90 bits per heavy atom. The zero-order valence-electron chi connectivity index (χ0n) is 18.5. The minimum absolute atomic E-state index is 0.0377. The highest BCUT2D eigenvalue weighted by molar-refractivity contribution is 7.92. The van der Waals surface area contributed by atoms with Crippen molar-refractivity contribution < 1.29 is 22.7 Å². The van der Waals surface area contributed by atoms with Crippen molar-refractivity contribution in [1.29, 1.82) is 0 Å². The minimum atomic E-state index is -3.33. The molecule has 3 aliphatic rings. The Labute approximate surface area is 176 Å². The molecular formula is C23H41FO4S. The third-order valence-electron chi connectivity index (χ3n) is 8.48. The van der Waals surface area contributed by atoms with Gasteiger partial charge in [-0.1, -0.05) is 33.1 Å². The first-order chi connectivity index (χ1) is 13.8. The molecule has 3 fully saturated rings. The summed E-state index contributed by atoms with van der Waals surface area (Å²) in [7, 11) is -1.64. The van der Waals surface area contributed by atoms with E-state index in [2.05, 4.69) is 6.92 Å². The second kappa shape index (κ2) is 9.52. The maximum absolute atomic E-state index is 14.4. The molecule has 0 aromatic heterocycles. The Balaban J connectivity index is 2.05. The Bertz CT molecular complexity index is 639. The van der Waals surface area contributed by atoms with Crippen LogP contribution >= 0.6 is 0 Å². The van der Waals surface area contributed by atoms with Crippen LogP contribution in [0.25, 0.3) is 0 Å². The van der Waals surface area contributed by atoms with Crippen LogP contribution in [0, 0.1) is 23.2 Å². The second-order valence-electron chi connectivity index (χ2n) is 10.0. The molecule has 7 unspecified atom stereocenters. The third-order valence-corrected chi connectivity index (χ3v) is 11.0. The topological polar surface area (TPSA) is 63.6 Å². The number of alkyl halides is 1. The number of methoxy groups -OCH3 is 1. The van der Waals surface area contributed by atoms with E-state index >= 15 is 0 Å². The van der Waals surface area contributed by atoms with E-state index in [0.29, 0.717) is 32.1 Å². The van der Waals surface area contributed by atoms with Crippen molar-refractivity contribution in [2.75, 3.05) is 12.9 Å². The lowest BCUT2D eigenvalue weighted by Gasteiger charge is -2.47. The van der Waals surface area contributed by atoms with E-state index in [1.807, 2.05) is 6.92 Å². The normalized spacial score (nSPS) is 45.3. The molecule has 0 spiro atoms. The fourth-order valence-corrected chi connectivity index (χ4v) is 9.65. The molecule has 1 saturated heterocycles. The van der Waals surface area contributed by atoms with Gasteiger partial charge in [0.25, 0.3) is 0 Å². The molecule has 0 amide bonds. The van der Waals surface area contributed by atoms with Gasteiger partial charge in [-0.3, -0.25) is 0 Å². The first-order valence-electron chi connectivity index (χ1n) is 11.8. The predicted molar refractivity (Wildman–Crippen MR) is 114 cm³/mol. The van der Waals surface area contributed by atoms with E-state index in [4.69, 9.17) is 4.74 Å². The highest BCUT2D eigenvalue weighted by Gasteiger charge is 2.57. The van der Waals surface area contributed by atoms with Crippen LogP contribution in [0.4, 0.5) is 4.39 Å². The standard InChI is InChI=1S/C23H41FO4S/c1-4-6-12-23(5-2)15-29(26,27)20-11-10-18(28-3)14-19(20)21(22(23)25)16-8-7-9-17(24)13-16/h16-22,25H,4-15H2,1-3H3/t16?,17?,18?,19?,20?,21?,22?,23-/m1/s1. The monoisotopic (exact) mass is 432 g/mol. The molecule has 2 saturated carbocycles. The summed E-state index contributed by atoms with van der Waals surface area (Å²) < 4.78 is 47.2. The molecular weight excluding hydrogens is 391 g/mol. The summed E-state index contributed by atoms with van der Waals surface area (Å²) in [5, 5.41) is 11.4. The van der Waals surface area contributed by atoms with E-state index in [1.54, 1.807) is 7.11 Å². The average molecular weight is 433 g/mol. The summed E-state index contributed by atoms with van der Waals surface area (Å²) in [6.45, 7) is 4.13. The molecule has 1 N–H and O–H groups in total. The van der Waals surface area contributed by atoms with Gasteiger partial charge in [-0.25, -0.2) is 12.8 Å². The number of hydrogen-bond donors (Lipinski definition) is 1. The molecule has 0 aromatic carbocycles. The van der Waals surface area contributed by atoms with E-state index in [0.717, 1.165) is 38.5 Å².